The van der Waals surface area contributed by atoms with Gasteiger partial charge in [-0.2, -0.15) is 0 Å². The Bertz CT molecular complexity index is 139. The molecule has 0 aliphatic heterocycles. The van der Waals surface area contributed by atoms with E-state index in [4.69, 9.17) is 4.74 Å². The fourth-order valence-electron chi connectivity index (χ4n) is 1.82. The summed E-state index contributed by atoms with van der Waals surface area (Å²) in [6.07, 6.45) is 7.82. The number of unbranched alkanes of at least 4 members (excludes halogenated alkanes) is 1. The average Bonchev–Trinajstić information content (AvgIpc) is 2.26. The summed E-state index contributed by atoms with van der Waals surface area (Å²) in [5.74, 6) is 0. The van der Waals surface area contributed by atoms with Crippen molar-refractivity contribution in [3.8, 4) is 0 Å². The minimum absolute atomic E-state index is 0.445. The molecule has 0 spiro atoms. The molecule has 2 atom stereocenters. The maximum absolute atomic E-state index is 5.72. The SMILES string of the molecule is CCCNC(C)CCCCOC(C)CCC. The van der Waals surface area contributed by atoms with E-state index in [1.165, 1.54) is 38.5 Å². The molecular weight excluding hydrogens is 198 g/mol. The largest absolute Gasteiger partial charge is 0.379 e. The highest BCUT2D eigenvalue weighted by Crippen LogP contribution is 2.05. The molecule has 0 saturated heterocycles. The molecule has 2 nitrogen and oxygen atoms in total. The van der Waals surface area contributed by atoms with Crippen LogP contribution in [0.15, 0.2) is 0 Å². The first-order chi connectivity index (χ1) is 7.70. The molecule has 0 bridgehead atoms. The normalized spacial score (nSPS) is 15.0. The van der Waals surface area contributed by atoms with Gasteiger partial charge in [0, 0.05) is 12.6 Å². The van der Waals surface area contributed by atoms with Crippen molar-refractivity contribution in [1.82, 2.24) is 5.32 Å². The van der Waals surface area contributed by atoms with Gasteiger partial charge in [-0.15, -0.1) is 0 Å². The molecule has 0 heterocycles. The quantitative estimate of drug-likeness (QED) is 0.545. The fourth-order valence-corrected chi connectivity index (χ4v) is 1.82. The van der Waals surface area contributed by atoms with Gasteiger partial charge in [-0.1, -0.05) is 20.3 Å². The number of hydrogen-bond donors (Lipinski definition) is 1. The monoisotopic (exact) mass is 229 g/mol. The summed E-state index contributed by atoms with van der Waals surface area (Å²) >= 11 is 0. The van der Waals surface area contributed by atoms with Gasteiger partial charge in [0.25, 0.3) is 0 Å². The lowest BCUT2D eigenvalue weighted by molar-refractivity contribution is 0.0568. The molecule has 2 heteroatoms. The molecular formula is C14H31NO. The molecule has 0 saturated carbocycles. The molecule has 0 amide bonds. The number of ether oxygens (including phenoxy) is 1. The summed E-state index contributed by atoms with van der Waals surface area (Å²) in [6.45, 7) is 10.9. The lowest BCUT2D eigenvalue weighted by atomic mass is 10.1. The van der Waals surface area contributed by atoms with Crippen LogP contribution in [0.2, 0.25) is 0 Å². The van der Waals surface area contributed by atoms with Crippen molar-refractivity contribution in [3.05, 3.63) is 0 Å². The summed E-state index contributed by atoms with van der Waals surface area (Å²) in [5.41, 5.74) is 0. The van der Waals surface area contributed by atoms with Crippen molar-refractivity contribution in [2.24, 2.45) is 0 Å². The third kappa shape index (κ3) is 10.4. The van der Waals surface area contributed by atoms with E-state index < -0.39 is 0 Å². The van der Waals surface area contributed by atoms with Crippen LogP contribution < -0.4 is 5.32 Å². The van der Waals surface area contributed by atoms with Gasteiger partial charge >= 0.3 is 0 Å². The summed E-state index contributed by atoms with van der Waals surface area (Å²) in [6, 6.07) is 0.660. The second-order valence-electron chi connectivity index (χ2n) is 4.82. The van der Waals surface area contributed by atoms with Gasteiger partial charge in [-0.25, -0.2) is 0 Å². The molecule has 0 rings (SSSR count). The van der Waals surface area contributed by atoms with E-state index in [0.717, 1.165) is 13.2 Å². The highest BCUT2D eigenvalue weighted by Gasteiger charge is 2.02. The second-order valence-corrected chi connectivity index (χ2v) is 4.82. The van der Waals surface area contributed by atoms with Crippen molar-refractivity contribution in [2.45, 2.75) is 78.4 Å². The summed E-state index contributed by atoms with van der Waals surface area (Å²) in [7, 11) is 0. The van der Waals surface area contributed by atoms with E-state index in [1.54, 1.807) is 0 Å². The maximum Gasteiger partial charge on any atom is 0.0546 e. The minimum atomic E-state index is 0.445. The summed E-state index contributed by atoms with van der Waals surface area (Å²) in [5, 5.41) is 3.51. The molecule has 0 aliphatic carbocycles. The van der Waals surface area contributed by atoms with Gasteiger partial charge in [0.1, 0.15) is 0 Å². The van der Waals surface area contributed by atoms with Crippen LogP contribution in [-0.2, 0) is 4.74 Å². The highest BCUT2D eigenvalue weighted by molar-refractivity contribution is 4.60. The zero-order valence-electron chi connectivity index (χ0n) is 11.7. The van der Waals surface area contributed by atoms with Gasteiger partial charge in [0.15, 0.2) is 0 Å². The Labute approximate surface area is 102 Å². The molecule has 0 aromatic carbocycles. The first-order valence-electron chi connectivity index (χ1n) is 7.05. The van der Waals surface area contributed by atoms with Gasteiger partial charge in [-0.3, -0.25) is 0 Å². The van der Waals surface area contributed by atoms with Gasteiger partial charge in [-0.05, 0) is 52.5 Å². The predicted octanol–water partition coefficient (Wildman–Crippen LogP) is 3.75. The van der Waals surface area contributed by atoms with Crippen molar-refractivity contribution in [3.63, 3.8) is 0 Å². The first kappa shape index (κ1) is 15.9. The fraction of sp³-hybridized carbons (Fsp3) is 1.00. The molecule has 0 aromatic rings. The van der Waals surface area contributed by atoms with E-state index >= 15 is 0 Å². The van der Waals surface area contributed by atoms with E-state index in [1.807, 2.05) is 0 Å². The van der Waals surface area contributed by atoms with Crippen molar-refractivity contribution < 1.29 is 4.74 Å². The number of hydrogen-bond acceptors (Lipinski definition) is 2. The first-order valence-corrected chi connectivity index (χ1v) is 7.05. The molecule has 0 aliphatic rings. The Morgan fingerprint density at radius 2 is 1.75 bits per heavy atom. The highest BCUT2D eigenvalue weighted by atomic mass is 16.5. The molecule has 0 fully saturated rings. The Hall–Kier alpha value is -0.0800. The minimum Gasteiger partial charge on any atom is -0.379 e. The van der Waals surface area contributed by atoms with Gasteiger partial charge < -0.3 is 10.1 Å². The third-order valence-electron chi connectivity index (χ3n) is 2.87. The molecule has 16 heavy (non-hydrogen) atoms. The van der Waals surface area contributed by atoms with Crippen molar-refractivity contribution in [1.29, 1.82) is 0 Å². The molecule has 0 aromatic heterocycles. The lowest BCUT2D eigenvalue weighted by Crippen LogP contribution is -2.26. The van der Waals surface area contributed by atoms with Gasteiger partial charge in [0.2, 0.25) is 0 Å². The molecule has 98 valence electrons. The van der Waals surface area contributed by atoms with Crippen LogP contribution >= 0.6 is 0 Å². The summed E-state index contributed by atoms with van der Waals surface area (Å²) < 4.78 is 5.72. The Balaban J connectivity index is 3.19. The van der Waals surface area contributed by atoms with Crippen LogP contribution in [0.25, 0.3) is 0 Å². The van der Waals surface area contributed by atoms with Crippen molar-refractivity contribution >= 4 is 0 Å². The van der Waals surface area contributed by atoms with E-state index in [-0.39, 0.29) is 0 Å². The summed E-state index contributed by atoms with van der Waals surface area (Å²) in [4.78, 5) is 0. The zero-order valence-corrected chi connectivity index (χ0v) is 11.7. The standard InChI is InChI=1S/C14H31NO/c1-5-9-14(4)16-12-8-7-10-13(3)15-11-6-2/h13-15H,5-12H2,1-4H3. The Morgan fingerprint density at radius 3 is 2.38 bits per heavy atom. The lowest BCUT2D eigenvalue weighted by Gasteiger charge is -2.14. The molecule has 0 radical (unpaired) electrons. The second kappa shape index (κ2) is 11.4. The van der Waals surface area contributed by atoms with Crippen LogP contribution in [0.3, 0.4) is 0 Å². The Kier molecular flexibility index (Phi) is 11.3. The zero-order chi connectivity index (χ0) is 12.2. The van der Waals surface area contributed by atoms with Crippen LogP contribution in [0.5, 0.6) is 0 Å². The van der Waals surface area contributed by atoms with Gasteiger partial charge in [0.05, 0.1) is 6.10 Å². The van der Waals surface area contributed by atoms with E-state index in [9.17, 15) is 0 Å². The maximum atomic E-state index is 5.72. The third-order valence-corrected chi connectivity index (χ3v) is 2.87. The number of nitrogens with one attached hydrogen (secondary N) is 1. The number of rotatable bonds is 11. The van der Waals surface area contributed by atoms with Crippen LogP contribution in [0.1, 0.15) is 66.2 Å². The van der Waals surface area contributed by atoms with Crippen LogP contribution in [0, 0.1) is 0 Å². The molecule has 2 unspecified atom stereocenters. The van der Waals surface area contributed by atoms with E-state index in [2.05, 4.69) is 33.0 Å². The smallest absolute Gasteiger partial charge is 0.0546 e. The topological polar surface area (TPSA) is 21.3 Å². The Morgan fingerprint density at radius 1 is 1.00 bits per heavy atom. The van der Waals surface area contributed by atoms with Crippen molar-refractivity contribution in [2.75, 3.05) is 13.2 Å². The molecule has 1 N–H and O–H groups in total. The van der Waals surface area contributed by atoms with E-state index in [0.29, 0.717) is 12.1 Å². The van der Waals surface area contributed by atoms with Crippen LogP contribution in [0.4, 0.5) is 0 Å². The average molecular weight is 229 g/mol. The van der Waals surface area contributed by atoms with Crippen LogP contribution in [-0.4, -0.2) is 25.3 Å². The predicted molar refractivity (Wildman–Crippen MR) is 71.9 cm³/mol.